The number of ether oxygens (including phenoxy) is 1. The summed E-state index contributed by atoms with van der Waals surface area (Å²) in [7, 11) is 1.64. The average Bonchev–Trinajstić information content (AvgIpc) is 2.95. The Hall–Kier alpha value is -2.11. The SMILES string of the molecule is CCOC(=O)c1cccnc1NC1CCCC1C(=O)NC. The van der Waals surface area contributed by atoms with Crippen LogP contribution in [0.1, 0.15) is 36.5 Å². The molecule has 1 aromatic rings. The van der Waals surface area contributed by atoms with Gasteiger partial charge in [-0.05, 0) is 31.9 Å². The molecule has 1 heterocycles. The summed E-state index contributed by atoms with van der Waals surface area (Å²) in [5, 5.41) is 5.93. The summed E-state index contributed by atoms with van der Waals surface area (Å²) in [4.78, 5) is 28.0. The minimum Gasteiger partial charge on any atom is -0.462 e. The maximum atomic E-state index is 11.9. The van der Waals surface area contributed by atoms with Crippen LogP contribution in [-0.4, -0.2) is 36.6 Å². The van der Waals surface area contributed by atoms with Crippen LogP contribution in [0.25, 0.3) is 0 Å². The first-order valence-corrected chi connectivity index (χ1v) is 7.27. The topological polar surface area (TPSA) is 80.3 Å². The molecule has 6 nitrogen and oxygen atoms in total. The van der Waals surface area contributed by atoms with E-state index in [2.05, 4.69) is 15.6 Å². The zero-order chi connectivity index (χ0) is 15.2. The lowest BCUT2D eigenvalue weighted by Crippen LogP contribution is -2.36. The second kappa shape index (κ2) is 7.06. The largest absolute Gasteiger partial charge is 0.462 e. The minimum atomic E-state index is -0.400. The Bertz CT molecular complexity index is 519. The highest BCUT2D eigenvalue weighted by Gasteiger charge is 2.33. The zero-order valence-corrected chi connectivity index (χ0v) is 12.4. The third kappa shape index (κ3) is 3.51. The number of carbonyl (C=O) groups excluding carboxylic acids is 2. The second-order valence-electron chi connectivity index (χ2n) is 5.02. The number of amides is 1. The van der Waals surface area contributed by atoms with Crippen LogP contribution < -0.4 is 10.6 Å². The Morgan fingerprint density at radius 3 is 2.95 bits per heavy atom. The quantitative estimate of drug-likeness (QED) is 0.805. The van der Waals surface area contributed by atoms with E-state index in [9.17, 15) is 9.59 Å². The van der Waals surface area contributed by atoms with Gasteiger partial charge in [0.05, 0.1) is 12.5 Å². The summed E-state index contributed by atoms with van der Waals surface area (Å²) in [5.74, 6) is 0.0185. The van der Waals surface area contributed by atoms with E-state index in [-0.39, 0.29) is 17.9 Å². The standard InChI is InChI=1S/C15H21N3O3/c1-3-21-15(20)11-7-5-9-17-13(11)18-12-8-4-6-10(12)14(19)16-2/h5,7,9-10,12H,3-4,6,8H2,1-2H3,(H,16,19)(H,17,18). The summed E-state index contributed by atoms with van der Waals surface area (Å²) in [6.07, 6.45) is 4.34. The molecule has 0 spiro atoms. The van der Waals surface area contributed by atoms with Gasteiger partial charge in [-0.2, -0.15) is 0 Å². The van der Waals surface area contributed by atoms with E-state index in [0.717, 1.165) is 19.3 Å². The number of nitrogens with zero attached hydrogens (tertiary/aromatic N) is 1. The van der Waals surface area contributed by atoms with Crippen LogP contribution in [-0.2, 0) is 9.53 Å². The fourth-order valence-corrected chi connectivity index (χ4v) is 2.70. The highest BCUT2D eigenvalue weighted by molar-refractivity contribution is 5.94. The van der Waals surface area contributed by atoms with Crippen molar-refractivity contribution in [2.24, 2.45) is 5.92 Å². The Balaban J connectivity index is 2.15. The van der Waals surface area contributed by atoms with Gasteiger partial charge in [-0.25, -0.2) is 9.78 Å². The molecule has 1 amide bonds. The average molecular weight is 291 g/mol. The number of nitrogens with one attached hydrogen (secondary N) is 2. The molecule has 1 aliphatic rings. The predicted molar refractivity (Wildman–Crippen MR) is 79.0 cm³/mol. The van der Waals surface area contributed by atoms with Gasteiger partial charge in [-0.1, -0.05) is 6.42 Å². The van der Waals surface area contributed by atoms with Crippen molar-refractivity contribution in [2.45, 2.75) is 32.2 Å². The van der Waals surface area contributed by atoms with Crippen molar-refractivity contribution in [2.75, 3.05) is 19.0 Å². The number of hydrogen-bond donors (Lipinski definition) is 2. The summed E-state index contributed by atoms with van der Waals surface area (Å²) in [5.41, 5.74) is 0.405. The van der Waals surface area contributed by atoms with Gasteiger partial charge in [0, 0.05) is 19.3 Å². The van der Waals surface area contributed by atoms with E-state index in [1.807, 2.05) is 0 Å². The van der Waals surface area contributed by atoms with Crippen LogP contribution in [0.5, 0.6) is 0 Å². The van der Waals surface area contributed by atoms with Gasteiger partial charge >= 0.3 is 5.97 Å². The molecule has 114 valence electrons. The maximum absolute atomic E-state index is 11.9. The Morgan fingerprint density at radius 1 is 1.43 bits per heavy atom. The Labute approximate surface area is 124 Å². The van der Waals surface area contributed by atoms with Gasteiger partial charge in [0.15, 0.2) is 0 Å². The van der Waals surface area contributed by atoms with Gasteiger partial charge in [-0.15, -0.1) is 0 Å². The van der Waals surface area contributed by atoms with Gasteiger partial charge < -0.3 is 15.4 Å². The number of esters is 1. The summed E-state index contributed by atoms with van der Waals surface area (Å²) in [6.45, 7) is 2.08. The first-order chi connectivity index (χ1) is 10.2. The molecule has 0 aromatic carbocycles. The first kappa shape index (κ1) is 15.3. The summed E-state index contributed by atoms with van der Waals surface area (Å²) < 4.78 is 5.03. The first-order valence-electron chi connectivity index (χ1n) is 7.27. The molecule has 6 heteroatoms. The lowest BCUT2D eigenvalue weighted by molar-refractivity contribution is -0.124. The highest BCUT2D eigenvalue weighted by Crippen LogP contribution is 2.29. The monoisotopic (exact) mass is 291 g/mol. The van der Waals surface area contributed by atoms with Gasteiger partial charge in [0.25, 0.3) is 0 Å². The fraction of sp³-hybridized carbons (Fsp3) is 0.533. The Morgan fingerprint density at radius 2 is 2.24 bits per heavy atom. The number of carbonyl (C=O) groups is 2. The third-order valence-corrected chi connectivity index (χ3v) is 3.72. The fourth-order valence-electron chi connectivity index (χ4n) is 2.70. The maximum Gasteiger partial charge on any atom is 0.341 e. The number of pyridine rings is 1. The molecular formula is C15H21N3O3. The van der Waals surface area contributed by atoms with E-state index in [4.69, 9.17) is 4.74 Å². The van der Waals surface area contributed by atoms with E-state index < -0.39 is 5.97 Å². The van der Waals surface area contributed by atoms with Gasteiger partial charge in [-0.3, -0.25) is 4.79 Å². The van der Waals surface area contributed by atoms with Gasteiger partial charge in [0.1, 0.15) is 11.4 Å². The van der Waals surface area contributed by atoms with Crippen LogP contribution in [0.3, 0.4) is 0 Å². The summed E-state index contributed by atoms with van der Waals surface area (Å²) >= 11 is 0. The molecular weight excluding hydrogens is 270 g/mol. The zero-order valence-electron chi connectivity index (χ0n) is 12.4. The molecule has 1 saturated carbocycles. The van der Waals surface area contributed by atoms with Crippen molar-refractivity contribution in [1.82, 2.24) is 10.3 Å². The van der Waals surface area contributed by atoms with Crippen LogP contribution >= 0.6 is 0 Å². The normalized spacial score (nSPS) is 20.9. The van der Waals surface area contributed by atoms with Crippen molar-refractivity contribution >= 4 is 17.7 Å². The molecule has 21 heavy (non-hydrogen) atoms. The van der Waals surface area contributed by atoms with Crippen LogP contribution in [0.2, 0.25) is 0 Å². The third-order valence-electron chi connectivity index (χ3n) is 3.72. The highest BCUT2D eigenvalue weighted by atomic mass is 16.5. The van der Waals surface area contributed by atoms with Crippen molar-refractivity contribution < 1.29 is 14.3 Å². The van der Waals surface area contributed by atoms with Gasteiger partial charge in [0.2, 0.25) is 5.91 Å². The van der Waals surface area contributed by atoms with Crippen molar-refractivity contribution in [3.05, 3.63) is 23.9 Å². The predicted octanol–water partition coefficient (Wildman–Crippen LogP) is 1.58. The molecule has 0 radical (unpaired) electrons. The molecule has 2 N–H and O–H groups in total. The molecule has 1 aromatic heterocycles. The lowest BCUT2D eigenvalue weighted by Gasteiger charge is -2.21. The second-order valence-corrected chi connectivity index (χ2v) is 5.02. The molecule has 2 atom stereocenters. The molecule has 2 unspecified atom stereocenters. The molecule has 0 saturated heterocycles. The number of anilines is 1. The van der Waals surface area contributed by atoms with E-state index in [0.29, 0.717) is 18.0 Å². The molecule has 0 aliphatic heterocycles. The van der Waals surface area contributed by atoms with Crippen LogP contribution in [0, 0.1) is 5.92 Å². The smallest absolute Gasteiger partial charge is 0.341 e. The van der Waals surface area contributed by atoms with E-state index in [1.165, 1.54) is 0 Å². The molecule has 1 aliphatic carbocycles. The van der Waals surface area contributed by atoms with E-state index in [1.54, 1.807) is 32.3 Å². The lowest BCUT2D eigenvalue weighted by atomic mass is 10.0. The van der Waals surface area contributed by atoms with Crippen LogP contribution in [0.4, 0.5) is 5.82 Å². The molecule has 0 bridgehead atoms. The van der Waals surface area contributed by atoms with E-state index >= 15 is 0 Å². The molecule has 1 fully saturated rings. The number of hydrogen-bond acceptors (Lipinski definition) is 5. The summed E-state index contributed by atoms with van der Waals surface area (Å²) in [6, 6.07) is 3.37. The number of aromatic nitrogens is 1. The number of rotatable bonds is 5. The minimum absolute atomic E-state index is 0.00646. The molecule has 2 rings (SSSR count). The van der Waals surface area contributed by atoms with Crippen LogP contribution in [0.15, 0.2) is 18.3 Å². The van der Waals surface area contributed by atoms with Crippen molar-refractivity contribution in [3.8, 4) is 0 Å². The van der Waals surface area contributed by atoms with Crippen molar-refractivity contribution in [3.63, 3.8) is 0 Å². The van der Waals surface area contributed by atoms with Crippen molar-refractivity contribution in [1.29, 1.82) is 0 Å². The Kier molecular flexibility index (Phi) is 5.14.